The lowest BCUT2D eigenvalue weighted by Crippen LogP contribution is -2.75. The maximum atomic E-state index is 8.11. The van der Waals surface area contributed by atoms with Crippen molar-refractivity contribution in [3.8, 4) is 16.9 Å². The summed E-state index contributed by atoms with van der Waals surface area (Å²) in [4.78, 5) is 5.96. The number of benzene rings is 5. The number of para-hydroxylation sites is 1. The topological polar surface area (TPSA) is 28.9 Å². The standard InChI is InChI=1S/C68H75BN2O2/c1-13-15-21-40-25-26-50-47(34-40)64(8)30-27-39(3)55-59(64)68(12)60(61-67(55,11)48-37-45-46(38-53(48)73-61)63(6,7)32-31-62(45,4)5)69-56-51(70(50)68)36-43-42-23-17-18-24-52(42)72-58(43)54(56)44-33-41(22-16-14-2)35-49-57(44)71(69)66(10)29-20-19-28-65(49,66)9/h17-18,23-27,30,33-39H,13-16,19-22,28-29,31-32H2,1-12H3. The van der Waals surface area contributed by atoms with Crippen molar-refractivity contribution in [2.75, 3.05) is 9.71 Å². The highest BCUT2D eigenvalue weighted by Gasteiger charge is 2.72. The van der Waals surface area contributed by atoms with Gasteiger partial charge in [-0.2, -0.15) is 0 Å². The molecule has 0 radical (unpaired) electrons. The molecule has 5 aliphatic heterocycles. The zero-order chi connectivity index (χ0) is 50.3. The molecule has 1 aromatic heterocycles. The average Bonchev–Trinajstić information content (AvgIpc) is 4.02. The van der Waals surface area contributed by atoms with Gasteiger partial charge in [0, 0.05) is 60.9 Å². The molecule has 0 spiro atoms. The quantitative estimate of drug-likeness (QED) is 0.123. The summed E-state index contributed by atoms with van der Waals surface area (Å²) < 4.78 is 15.5. The van der Waals surface area contributed by atoms with Crippen LogP contribution in [0.2, 0.25) is 0 Å². The first-order valence-electron chi connectivity index (χ1n) is 28.8. The van der Waals surface area contributed by atoms with Crippen LogP contribution < -0.4 is 19.9 Å². The minimum Gasteiger partial charge on any atom is -0.461 e. The fraction of sp³-hybridized carbons (Fsp3) is 0.471. The number of unbranched alkanes of at least 4 members (excludes halogenated alkanes) is 2. The van der Waals surface area contributed by atoms with E-state index >= 15 is 0 Å². The lowest BCUT2D eigenvalue weighted by Gasteiger charge is -2.66. The van der Waals surface area contributed by atoms with Gasteiger partial charge in [0.25, 0.3) is 0 Å². The minimum absolute atomic E-state index is 0.0429. The number of furan rings is 1. The van der Waals surface area contributed by atoms with Crippen LogP contribution in [0, 0.1) is 5.92 Å². The summed E-state index contributed by atoms with van der Waals surface area (Å²) in [7, 11) is 0. The first-order chi connectivity index (χ1) is 34.9. The van der Waals surface area contributed by atoms with E-state index in [-0.39, 0.29) is 40.0 Å². The zero-order valence-electron chi connectivity index (χ0n) is 45.9. The predicted octanol–water partition coefficient (Wildman–Crippen LogP) is 16.8. The molecule has 5 heteroatoms. The Morgan fingerprint density at radius 3 is 2.16 bits per heavy atom. The van der Waals surface area contributed by atoms with Crippen LogP contribution in [0.4, 0.5) is 17.1 Å². The highest BCUT2D eigenvalue weighted by Crippen LogP contribution is 2.73. The second-order valence-electron chi connectivity index (χ2n) is 27.0. The van der Waals surface area contributed by atoms with Crippen molar-refractivity contribution >= 4 is 51.3 Å². The molecule has 0 saturated heterocycles. The number of aryl methyl sites for hydroxylation is 2. The summed E-state index contributed by atoms with van der Waals surface area (Å²) in [5.41, 5.74) is 23.5. The van der Waals surface area contributed by atoms with E-state index in [0.717, 1.165) is 36.2 Å². The highest BCUT2D eigenvalue weighted by atomic mass is 16.5. The second-order valence-corrected chi connectivity index (χ2v) is 27.0. The maximum absolute atomic E-state index is 8.11. The summed E-state index contributed by atoms with van der Waals surface area (Å²) in [5, 5.41) is 2.42. The Bertz CT molecular complexity index is 3620. The van der Waals surface area contributed by atoms with E-state index in [0.29, 0.717) is 0 Å². The van der Waals surface area contributed by atoms with Crippen LogP contribution in [0.15, 0.2) is 112 Å². The molecule has 0 bridgehead atoms. The number of anilines is 3. The molecule has 0 amide bonds. The fourth-order valence-electron chi connectivity index (χ4n) is 18.1. The van der Waals surface area contributed by atoms with Crippen molar-refractivity contribution in [2.45, 2.75) is 198 Å². The highest BCUT2D eigenvalue weighted by molar-refractivity contribution is 6.88. The van der Waals surface area contributed by atoms with Gasteiger partial charge in [-0.3, -0.25) is 0 Å². The van der Waals surface area contributed by atoms with Crippen molar-refractivity contribution in [3.63, 3.8) is 0 Å². The van der Waals surface area contributed by atoms with Gasteiger partial charge in [-0.15, -0.1) is 0 Å². The molecule has 15 rings (SSSR count). The Labute approximate surface area is 435 Å². The van der Waals surface area contributed by atoms with Crippen molar-refractivity contribution in [2.24, 2.45) is 5.92 Å². The van der Waals surface area contributed by atoms with Crippen molar-refractivity contribution < 1.29 is 9.15 Å². The Balaban J connectivity index is 1.16. The molecule has 6 atom stereocenters. The molecule has 6 unspecified atom stereocenters. The van der Waals surface area contributed by atoms with Crippen molar-refractivity contribution in [1.29, 1.82) is 0 Å². The number of rotatable bonds is 6. The normalized spacial score (nSPS) is 30.7. The third-order valence-electron chi connectivity index (χ3n) is 22.2. The molecule has 1 saturated carbocycles. The van der Waals surface area contributed by atoms with E-state index in [9.17, 15) is 0 Å². The number of ether oxygens (including phenoxy) is 1. The van der Waals surface area contributed by atoms with Crippen LogP contribution in [0.3, 0.4) is 0 Å². The van der Waals surface area contributed by atoms with Crippen LogP contribution in [0.25, 0.3) is 33.1 Å². The van der Waals surface area contributed by atoms with Gasteiger partial charge in [0.2, 0.25) is 0 Å². The molecule has 6 heterocycles. The van der Waals surface area contributed by atoms with E-state index in [1.165, 1.54) is 147 Å². The molecule has 0 N–H and O–H groups in total. The number of allylic oxidation sites excluding steroid dienone is 3. The number of hydrogen-bond donors (Lipinski definition) is 0. The lowest BCUT2D eigenvalue weighted by atomic mass is 9.33. The largest absolute Gasteiger partial charge is 0.461 e. The minimum atomic E-state index is -0.582. The molecule has 372 valence electrons. The van der Waals surface area contributed by atoms with E-state index in [4.69, 9.17) is 9.15 Å². The summed E-state index contributed by atoms with van der Waals surface area (Å²) in [6.07, 6.45) is 19.3. The number of fused-ring (bicyclic) bond motifs is 19. The van der Waals surface area contributed by atoms with Crippen LogP contribution in [-0.2, 0) is 39.9 Å². The molecule has 4 nitrogen and oxygen atoms in total. The zero-order valence-corrected chi connectivity index (χ0v) is 45.9. The van der Waals surface area contributed by atoms with Gasteiger partial charge in [0.05, 0.1) is 11.0 Å². The molecule has 4 aliphatic carbocycles. The van der Waals surface area contributed by atoms with Gasteiger partial charge in [0.15, 0.2) is 0 Å². The van der Waals surface area contributed by atoms with E-state index < -0.39 is 11.0 Å². The molecule has 73 heavy (non-hydrogen) atoms. The molecular formula is C68H75BN2O2. The van der Waals surface area contributed by atoms with Crippen LogP contribution in [0.5, 0.6) is 5.75 Å². The average molecular weight is 963 g/mol. The molecule has 1 fully saturated rings. The smallest absolute Gasteiger partial charge is 0.328 e. The first-order valence-corrected chi connectivity index (χ1v) is 28.8. The van der Waals surface area contributed by atoms with Gasteiger partial charge in [-0.25, -0.2) is 0 Å². The number of hydrogen-bond acceptors (Lipinski definition) is 4. The van der Waals surface area contributed by atoms with E-state index in [1.807, 2.05) is 0 Å². The Morgan fingerprint density at radius 2 is 1.40 bits per heavy atom. The molecule has 6 aromatic rings. The van der Waals surface area contributed by atoms with Crippen molar-refractivity contribution in [3.05, 3.63) is 146 Å². The third-order valence-corrected chi connectivity index (χ3v) is 22.2. The van der Waals surface area contributed by atoms with Crippen molar-refractivity contribution in [1.82, 2.24) is 0 Å². The third kappa shape index (κ3) is 5.09. The molecular weight excluding hydrogens is 888 g/mol. The monoisotopic (exact) mass is 963 g/mol. The molecule has 9 aliphatic rings. The predicted molar refractivity (Wildman–Crippen MR) is 305 cm³/mol. The summed E-state index contributed by atoms with van der Waals surface area (Å²) >= 11 is 0. The van der Waals surface area contributed by atoms with Crippen LogP contribution in [0.1, 0.15) is 186 Å². The van der Waals surface area contributed by atoms with Crippen LogP contribution in [-0.4, -0.2) is 17.9 Å². The number of nitrogens with zero attached hydrogens (tertiary/aromatic N) is 2. The maximum Gasteiger partial charge on any atom is 0.328 e. The fourth-order valence-corrected chi connectivity index (χ4v) is 18.1. The van der Waals surface area contributed by atoms with Gasteiger partial charge < -0.3 is 18.9 Å². The first kappa shape index (κ1) is 45.0. The second kappa shape index (κ2) is 14.1. The lowest BCUT2D eigenvalue weighted by molar-refractivity contribution is 0.198. The SMILES string of the molecule is CCCCc1ccc2c(c1)C1(C)C=CC(C)C3=C1C1(C)C(=C4Oc5cc6c(cc5C43C)C(C)(C)CCC6(C)C)B3c4c(cc5c(oc6ccccc65)c4-c4cc(CCCC)cc5c4N3C3(C)CCCCC53C)N21. The summed E-state index contributed by atoms with van der Waals surface area (Å²) in [6, 6.07) is 29.6. The molecule has 5 aromatic carbocycles. The summed E-state index contributed by atoms with van der Waals surface area (Å²) in [5.74, 6) is 2.46. The Kier molecular flexibility index (Phi) is 8.69. The van der Waals surface area contributed by atoms with E-state index in [1.54, 1.807) is 16.7 Å². The Hall–Kier alpha value is -5.42. The Morgan fingerprint density at radius 1 is 0.685 bits per heavy atom. The van der Waals surface area contributed by atoms with Gasteiger partial charge >= 0.3 is 6.85 Å². The van der Waals surface area contributed by atoms with Gasteiger partial charge in [-0.1, -0.05) is 130 Å². The van der Waals surface area contributed by atoms with Gasteiger partial charge in [0.1, 0.15) is 22.7 Å². The van der Waals surface area contributed by atoms with Crippen LogP contribution >= 0.6 is 0 Å². The summed E-state index contributed by atoms with van der Waals surface area (Å²) in [6.45, 7) is 30.2. The van der Waals surface area contributed by atoms with E-state index in [2.05, 4.69) is 178 Å². The van der Waals surface area contributed by atoms with Gasteiger partial charge in [-0.05, 0) is 188 Å².